The van der Waals surface area contributed by atoms with Crippen LogP contribution in [0.2, 0.25) is 10.0 Å². The maximum atomic E-state index is 12.2. The van der Waals surface area contributed by atoms with Crippen LogP contribution < -0.4 is 4.74 Å². The Hall–Kier alpha value is -3.09. The van der Waals surface area contributed by atoms with Gasteiger partial charge in [0, 0.05) is 6.07 Å². The molecule has 0 aliphatic heterocycles. The number of hydrogen-bond acceptors (Lipinski definition) is 5. The van der Waals surface area contributed by atoms with E-state index in [9.17, 15) is 14.9 Å². The Bertz CT molecular complexity index is 1040. The fourth-order valence-corrected chi connectivity index (χ4v) is 2.92. The molecule has 0 aliphatic rings. The molecule has 0 spiro atoms. The molecule has 1 aromatic heterocycles. The minimum atomic E-state index is -0.594. The fourth-order valence-electron chi connectivity index (χ4n) is 2.41. The number of rotatable bonds is 7. The Balaban J connectivity index is 1.68. The smallest absolute Gasteiger partial charge is 0.280 e. The summed E-state index contributed by atoms with van der Waals surface area (Å²) >= 11 is 12.1. The third-order valence-electron chi connectivity index (χ3n) is 3.73. The van der Waals surface area contributed by atoms with E-state index in [0.717, 1.165) is 0 Å². The highest BCUT2D eigenvalue weighted by molar-refractivity contribution is 6.37. The van der Waals surface area contributed by atoms with Crippen LogP contribution in [0, 0.1) is 10.1 Å². The summed E-state index contributed by atoms with van der Waals surface area (Å²) in [4.78, 5) is 22.7. The molecule has 0 unspecified atom stereocenters. The molecule has 142 valence electrons. The number of allylic oxidation sites excluding steroid dienone is 1. The second-order valence-electron chi connectivity index (χ2n) is 5.62. The van der Waals surface area contributed by atoms with Crippen molar-refractivity contribution in [3.05, 3.63) is 97.9 Å². The lowest BCUT2D eigenvalue weighted by molar-refractivity contribution is -0.385. The highest BCUT2D eigenvalue weighted by Gasteiger charge is 2.17. The second-order valence-corrected chi connectivity index (χ2v) is 6.43. The van der Waals surface area contributed by atoms with Gasteiger partial charge in [0.05, 0.1) is 20.5 Å². The SMILES string of the molecule is O=C(/C=C/c1ccc(COc2c(Cl)cccc2Cl)o1)c1ccccc1[N+](=O)[O-]. The highest BCUT2D eigenvalue weighted by atomic mass is 35.5. The standard InChI is InChI=1S/C20H13Cl2NO5/c21-16-5-3-6-17(22)20(16)27-12-14-9-8-13(28-14)10-11-19(24)15-4-1-2-7-18(15)23(25)26/h1-11H,12H2/b11-10+. The molecule has 0 atom stereocenters. The van der Waals surface area contributed by atoms with Gasteiger partial charge in [-0.25, -0.2) is 0 Å². The molecule has 0 fully saturated rings. The van der Waals surface area contributed by atoms with Crippen molar-refractivity contribution in [2.45, 2.75) is 6.61 Å². The zero-order chi connectivity index (χ0) is 20.1. The van der Waals surface area contributed by atoms with E-state index in [4.69, 9.17) is 32.4 Å². The van der Waals surface area contributed by atoms with Gasteiger partial charge in [-0.2, -0.15) is 0 Å². The van der Waals surface area contributed by atoms with Crippen LogP contribution in [0.1, 0.15) is 21.9 Å². The summed E-state index contributed by atoms with van der Waals surface area (Å²) in [5, 5.41) is 11.8. The summed E-state index contributed by atoms with van der Waals surface area (Å²) < 4.78 is 11.1. The molecule has 0 aliphatic carbocycles. The lowest BCUT2D eigenvalue weighted by atomic mass is 10.1. The molecular weight excluding hydrogens is 405 g/mol. The molecule has 28 heavy (non-hydrogen) atoms. The average Bonchev–Trinajstić information content (AvgIpc) is 3.13. The summed E-state index contributed by atoms with van der Waals surface area (Å²) in [7, 11) is 0. The van der Waals surface area contributed by atoms with Crippen molar-refractivity contribution in [2.24, 2.45) is 0 Å². The largest absolute Gasteiger partial charge is 0.483 e. The quantitative estimate of drug-likeness (QED) is 0.204. The fraction of sp³-hybridized carbons (Fsp3) is 0.0500. The van der Waals surface area contributed by atoms with Crippen molar-refractivity contribution < 1.29 is 18.9 Å². The predicted octanol–water partition coefficient (Wildman–Crippen LogP) is 5.97. The van der Waals surface area contributed by atoms with Gasteiger partial charge >= 0.3 is 0 Å². The van der Waals surface area contributed by atoms with E-state index in [1.807, 2.05) is 0 Å². The molecule has 0 saturated heterocycles. The number of hydrogen-bond donors (Lipinski definition) is 0. The number of halogens is 2. The van der Waals surface area contributed by atoms with Crippen LogP contribution in [-0.4, -0.2) is 10.7 Å². The number of ketones is 1. The Morgan fingerprint density at radius 1 is 1.07 bits per heavy atom. The van der Waals surface area contributed by atoms with Crippen LogP contribution in [0.25, 0.3) is 6.08 Å². The van der Waals surface area contributed by atoms with E-state index in [2.05, 4.69) is 0 Å². The number of nitro benzene ring substituents is 1. The topological polar surface area (TPSA) is 82.6 Å². The molecule has 0 amide bonds. The number of benzene rings is 2. The normalized spacial score (nSPS) is 10.9. The predicted molar refractivity (Wildman–Crippen MR) is 106 cm³/mol. The second kappa shape index (κ2) is 8.73. The van der Waals surface area contributed by atoms with Gasteiger partial charge in [-0.1, -0.05) is 41.4 Å². The summed E-state index contributed by atoms with van der Waals surface area (Å²) in [6.45, 7) is 0.0927. The van der Waals surface area contributed by atoms with Crippen LogP contribution >= 0.6 is 23.2 Å². The summed E-state index contributed by atoms with van der Waals surface area (Å²) in [6, 6.07) is 14.1. The third-order valence-corrected chi connectivity index (χ3v) is 4.32. The molecule has 2 aromatic carbocycles. The number of furan rings is 1. The molecule has 3 rings (SSSR count). The molecule has 8 heteroatoms. The Morgan fingerprint density at radius 3 is 2.50 bits per heavy atom. The first-order valence-corrected chi connectivity index (χ1v) is 8.82. The lowest BCUT2D eigenvalue weighted by Crippen LogP contribution is -2.00. The third kappa shape index (κ3) is 4.60. The summed E-state index contributed by atoms with van der Waals surface area (Å²) in [6.07, 6.45) is 2.65. The molecule has 6 nitrogen and oxygen atoms in total. The maximum Gasteiger partial charge on any atom is 0.280 e. The number of nitrogens with zero attached hydrogens (tertiary/aromatic N) is 1. The number of carbonyl (C=O) groups excluding carboxylic acids is 1. The molecule has 0 radical (unpaired) electrons. The van der Waals surface area contributed by atoms with E-state index in [-0.39, 0.29) is 17.9 Å². The van der Waals surface area contributed by atoms with Gasteiger partial charge in [-0.3, -0.25) is 14.9 Å². The van der Waals surface area contributed by atoms with Crippen molar-refractivity contribution in [3.8, 4) is 5.75 Å². The van der Waals surface area contributed by atoms with Crippen molar-refractivity contribution >= 4 is 40.7 Å². The van der Waals surface area contributed by atoms with Gasteiger partial charge in [0.15, 0.2) is 11.5 Å². The van der Waals surface area contributed by atoms with Crippen molar-refractivity contribution in [1.82, 2.24) is 0 Å². The zero-order valence-corrected chi connectivity index (χ0v) is 15.8. The lowest BCUT2D eigenvalue weighted by Gasteiger charge is -2.07. The van der Waals surface area contributed by atoms with Gasteiger partial charge in [-0.05, 0) is 42.5 Å². The van der Waals surface area contributed by atoms with Gasteiger partial charge in [0.25, 0.3) is 5.69 Å². The highest BCUT2D eigenvalue weighted by Crippen LogP contribution is 2.33. The van der Waals surface area contributed by atoms with Crippen molar-refractivity contribution in [1.29, 1.82) is 0 Å². The maximum absolute atomic E-state index is 12.2. The molecular formula is C20H13Cl2NO5. The molecule has 3 aromatic rings. The average molecular weight is 418 g/mol. The Morgan fingerprint density at radius 2 is 1.79 bits per heavy atom. The number of ether oxygens (including phenoxy) is 1. The molecule has 0 bridgehead atoms. The molecule has 0 saturated carbocycles. The Labute approximate surface area is 170 Å². The van der Waals surface area contributed by atoms with Crippen LogP contribution in [-0.2, 0) is 6.61 Å². The molecule has 0 N–H and O–H groups in total. The van der Waals surface area contributed by atoms with Crippen LogP contribution in [0.15, 0.2) is 65.1 Å². The summed E-state index contributed by atoms with van der Waals surface area (Å²) in [5.74, 6) is 0.750. The first-order valence-electron chi connectivity index (χ1n) is 8.07. The monoisotopic (exact) mass is 417 g/mol. The van der Waals surface area contributed by atoms with E-state index in [1.165, 1.54) is 30.4 Å². The Kier molecular flexibility index (Phi) is 6.13. The van der Waals surface area contributed by atoms with E-state index in [1.54, 1.807) is 36.4 Å². The minimum absolute atomic E-state index is 0.00669. The van der Waals surface area contributed by atoms with E-state index >= 15 is 0 Å². The van der Waals surface area contributed by atoms with Crippen LogP contribution in [0.5, 0.6) is 5.75 Å². The van der Waals surface area contributed by atoms with Crippen molar-refractivity contribution in [3.63, 3.8) is 0 Å². The zero-order valence-electron chi connectivity index (χ0n) is 14.3. The van der Waals surface area contributed by atoms with Crippen LogP contribution in [0.4, 0.5) is 5.69 Å². The minimum Gasteiger partial charge on any atom is -0.483 e. The first kappa shape index (κ1) is 19.7. The van der Waals surface area contributed by atoms with Gasteiger partial charge in [0.1, 0.15) is 18.1 Å². The number of nitro groups is 1. The van der Waals surface area contributed by atoms with E-state index < -0.39 is 10.7 Å². The van der Waals surface area contributed by atoms with Gasteiger partial charge in [0.2, 0.25) is 0 Å². The molecule has 1 heterocycles. The first-order chi connectivity index (χ1) is 13.5. The number of para-hydroxylation sites is 2. The van der Waals surface area contributed by atoms with Crippen LogP contribution in [0.3, 0.4) is 0 Å². The summed E-state index contributed by atoms with van der Waals surface area (Å²) in [5.41, 5.74) is -0.241. The van der Waals surface area contributed by atoms with Gasteiger partial charge in [-0.15, -0.1) is 0 Å². The van der Waals surface area contributed by atoms with E-state index in [0.29, 0.717) is 27.3 Å². The van der Waals surface area contributed by atoms with Crippen molar-refractivity contribution in [2.75, 3.05) is 0 Å². The number of carbonyl (C=O) groups is 1. The van der Waals surface area contributed by atoms with Gasteiger partial charge < -0.3 is 9.15 Å².